The number of hydrogen-bond acceptors (Lipinski definition) is 4. The normalized spacial score (nSPS) is 19.0. The molecule has 1 N–H and O–H groups in total. The van der Waals surface area contributed by atoms with Gasteiger partial charge in [0.2, 0.25) is 5.91 Å². The number of benzene rings is 1. The van der Waals surface area contributed by atoms with Crippen LogP contribution in [-0.2, 0) is 11.2 Å². The van der Waals surface area contributed by atoms with Crippen LogP contribution in [0.2, 0.25) is 0 Å². The van der Waals surface area contributed by atoms with Crippen molar-refractivity contribution in [1.82, 2.24) is 15.2 Å². The van der Waals surface area contributed by atoms with Crippen LogP contribution in [0.25, 0.3) is 0 Å². The van der Waals surface area contributed by atoms with Crippen molar-refractivity contribution in [2.24, 2.45) is 4.99 Å². The van der Waals surface area contributed by atoms with E-state index in [4.69, 9.17) is 0 Å². The largest absolute Gasteiger partial charge is 0.356 e. The van der Waals surface area contributed by atoms with E-state index in [9.17, 15) is 4.79 Å². The monoisotopic (exact) mass is 425 g/mol. The number of carbonyl (C=O) groups is 1. The molecule has 4 rings (SSSR count). The average Bonchev–Trinajstić information content (AvgIpc) is 3.41. The average molecular weight is 426 g/mol. The highest BCUT2D eigenvalue weighted by atomic mass is 32.1. The number of rotatable bonds is 6. The first-order valence-electron chi connectivity index (χ1n) is 10.8. The minimum Gasteiger partial charge on any atom is -0.356 e. The molecule has 7 heteroatoms. The fourth-order valence-electron chi connectivity index (χ4n) is 4.58. The molecule has 1 aromatic carbocycles. The molecule has 1 unspecified atom stereocenters. The molecule has 1 atom stereocenters. The molecule has 0 bridgehead atoms. The lowest BCUT2D eigenvalue weighted by molar-refractivity contribution is -0.127. The number of aromatic nitrogens is 1. The number of anilines is 1. The standard InChI is InChI=1S/C23H31N5OS/c1-16-21(30-17(2)26-16)10-12-25-23(24-3)28-15-18(19-7-4-5-8-20(19)28)11-14-27-13-6-9-22(27)29/h4-5,7-8,18H,6,9-15H2,1-3H3,(H,24,25). The number of likely N-dealkylation sites (tertiary alicyclic amines) is 1. The molecular formula is C23H31N5OS. The summed E-state index contributed by atoms with van der Waals surface area (Å²) in [5, 5.41) is 4.68. The molecule has 0 aliphatic carbocycles. The molecule has 1 amide bonds. The van der Waals surface area contributed by atoms with Gasteiger partial charge in [-0.05, 0) is 38.3 Å². The van der Waals surface area contributed by atoms with Crippen LogP contribution in [0, 0.1) is 13.8 Å². The van der Waals surface area contributed by atoms with Gasteiger partial charge >= 0.3 is 0 Å². The molecule has 1 saturated heterocycles. The summed E-state index contributed by atoms with van der Waals surface area (Å²) in [6.45, 7) is 7.64. The first kappa shape index (κ1) is 20.8. The predicted octanol–water partition coefficient (Wildman–Crippen LogP) is 3.49. The van der Waals surface area contributed by atoms with Crippen molar-refractivity contribution < 1.29 is 4.79 Å². The van der Waals surface area contributed by atoms with Crippen molar-refractivity contribution in [2.45, 2.75) is 45.4 Å². The van der Waals surface area contributed by atoms with E-state index in [0.717, 1.165) is 62.1 Å². The van der Waals surface area contributed by atoms with Crippen LogP contribution in [0.15, 0.2) is 29.3 Å². The number of fused-ring (bicyclic) bond motifs is 1. The number of para-hydroxylation sites is 1. The number of hydrogen-bond donors (Lipinski definition) is 1. The Labute approximate surface area is 183 Å². The van der Waals surface area contributed by atoms with Gasteiger partial charge in [0.15, 0.2) is 5.96 Å². The first-order chi connectivity index (χ1) is 14.6. The third kappa shape index (κ3) is 4.36. The minimum atomic E-state index is 0.309. The van der Waals surface area contributed by atoms with Gasteiger partial charge in [-0.1, -0.05) is 18.2 Å². The number of amides is 1. The van der Waals surface area contributed by atoms with E-state index in [1.807, 2.05) is 11.9 Å². The molecule has 0 radical (unpaired) electrons. The van der Waals surface area contributed by atoms with Crippen LogP contribution in [0.4, 0.5) is 5.69 Å². The fourth-order valence-corrected chi connectivity index (χ4v) is 5.52. The highest BCUT2D eigenvalue weighted by Crippen LogP contribution is 2.38. The SMILES string of the molecule is CN=C(NCCc1sc(C)nc1C)N1CC(CCN2CCCC2=O)c2ccccc21. The predicted molar refractivity (Wildman–Crippen MR) is 124 cm³/mol. The topological polar surface area (TPSA) is 60.8 Å². The summed E-state index contributed by atoms with van der Waals surface area (Å²) >= 11 is 1.78. The minimum absolute atomic E-state index is 0.309. The maximum atomic E-state index is 12.0. The molecule has 30 heavy (non-hydrogen) atoms. The van der Waals surface area contributed by atoms with E-state index in [2.05, 4.69) is 58.3 Å². The zero-order valence-corrected chi connectivity index (χ0v) is 19.0. The Morgan fingerprint density at radius 1 is 1.33 bits per heavy atom. The van der Waals surface area contributed by atoms with Crippen LogP contribution >= 0.6 is 11.3 Å². The van der Waals surface area contributed by atoms with Gasteiger partial charge in [-0.3, -0.25) is 9.79 Å². The van der Waals surface area contributed by atoms with E-state index in [1.165, 1.54) is 16.1 Å². The van der Waals surface area contributed by atoms with Crippen LogP contribution in [0.5, 0.6) is 0 Å². The molecule has 160 valence electrons. The van der Waals surface area contributed by atoms with Crippen molar-refractivity contribution in [1.29, 1.82) is 0 Å². The molecule has 1 fully saturated rings. The lowest BCUT2D eigenvalue weighted by atomic mass is 9.98. The molecular weight excluding hydrogens is 394 g/mol. The number of aryl methyl sites for hydroxylation is 2. The molecule has 2 aliphatic rings. The van der Waals surface area contributed by atoms with Gasteiger partial charge in [0.1, 0.15) is 0 Å². The Morgan fingerprint density at radius 2 is 2.17 bits per heavy atom. The Hall–Kier alpha value is -2.41. The van der Waals surface area contributed by atoms with Crippen LogP contribution < -0.4 is 10.2 Å². The fraction of sp³-hybridized carbons (Fsp3) is 0.522. The van der Waals surface area contributed by atoms with Gasteiger partial charge in [-0.15, -0.1) is 11.3 Å². The lowest BCUT2D eigenvalue weighted by Crippen LogP contribution is -2.42. The summed E-state index contributed by atoms with van der Waals surface area (Å²) in [4.78, 5) is 26.7. The Balaban J connectivity index is 1.40. The Kier molecular flexibility index (Phi) is 6.37. The Bertz CT molecular complexity index is 937. The second kappa shape index (κ2) is 9.16. The number of carbonyl (C=O) groups excluding carboxylic acids is 1. The highest BCUT2D eigenvalue weighted by molar-refractivity contribution is 7.11. The highest BCUT2D eigenvalue weighted by Gasteiger charge is 2.32. The van der Waals surface area contributed by atoms with Crippen molar-refractivity contribution in [3.05, 3.63) is 45.4 Å². The summed E-state index contributed by atoms with van der Waals surface area (Å²) in [6.07, 6.45) is 3.66. The van der Waals surface area contributed by atoms with E-state index >= 15 is 0 Å². The molecule has 2 aromatic rings. The second-order valence-corrected chi connectivity index (χ2v) is 9.39. The number of thiazole rings is 1. The van der Waals surface area contributed by atoms with Crippen molar-refractivity contribution in [2.75, 3.05) is 38.1 Å². The van der Waals surface area contributed by atoms with E-state index in [-0.39, 0.29) is 0 Å². The molecule has 0 saturated carbocycles. The summed E-state index contributed by atoms with van der Waals surface area (Å²) in [7, 11) is 1.85. The second-order valence-electron chi connectivity index (χ2n) is 8.10. The summed E-state index contributed by atoms with van der Waals surface area (Å²) in [6, 6.07) is 8.61. The van der Waals surface area contributed by atoms with E-state index < -0.39 is 0 Å². The number of aliphatic imine (C=N–C) groups is 1. The maximum Gasteiger partial charge on any atom is 0.222 e. The zero-order valence-electron chi connectivity index (χ0n) is 18.1. The van der Waals surface area contributed by atoms with Gasteiger partial charge in [0.05, 0.1) is 10.7 Å². The molecule has 1 aromatic heterocycles. The molecule has 0 spiro atoms. The van der Waals surface area contributed by atoms with Crippen molar-refractivity contribution in [3.63, 3.8) is 0 Å². The summed E-state index contributed by atoms with van der Waals surface area (Å²) in [5.41, 5.74) is 3.73. The van der Waals surface area contributed by atoms with Crippen molar-refractivity contribution in [3.8, 4) is 0 Å². The number of nitrogens with zero attached hydrogens (tertiary/aromatic N) is 4. The molecule has 2 aliphatic heterocycles. The first-order valence-corrected chi connectivity index (χ1v) is 11.7. The van der Waals surface area contributed by atoms with E-state index in [0.29, 0.717) is 18.2 Å². The third-order valence-electron chi connectivity index (χ3n) is 6.09. The zero-order chi connectivity index (χ0) is 21.1. The summed E-state index contributed by atoms with van der Waals surface area (Å²) < 4.78 is 0. The van der Waals surface area contributed by atoms with Crippen LogP contribution in [0.1, 0.15) is 46.3 Å². The van der Waals surface area contributed by atoms with Gasteiger partial charge in [0.25, 0.3) is 0 Å². The van der Waals surface area contributed by atoms with E-state index in [1.54, 1.807) is 11.3 Å². The number of guanidine groups is 1. The third-order valence-corrected chi connectivity index (χ3v) is 7.22. The Morgan fingerprint density at radius 3 is 2.87 bits per heavy atom. The van der Waals surface area contributed by atoms with Crippen LogP contribution in [-0.4, -0.2) is 55.0 Å². The van der Waals surface area contributed by atoms with Gasteiger partial charge in [0, 0.05) is 62.6 Å². The number of nitrogens with one attached hydrogen (secondary N) is 1. The van der Waals surface area contributed by atoms with Gasteiger partial charge in [-0.2, -0.15) is 0 Å². The van der Waals surface area contributed by atoms with Crippen molar-refractivity contribution >= 4 is 28.9 Å². The quantitative estimate of drug-likeness (QED) is 0.568. The van der Waals surface area contributed by atoms with Gasteiger partial charge in [-0.25, -0.2) is 4.98 Å². The van der Waals surface area contributed by atoms with Crippen LogP contribution in [0.3, 0.4) is 0 Å². The smallest absolute Gasteiger partial charge is 0.222 e. The summed E-state index contributed by atoms with van der Waals surface area (Å²) in [5.74, 6) is 1.64. The molecule has 3 heterocycles. The van der Waals surface area contributed by atoms with Gasteiger partial charge < -0.3 is 15.1 Å². The maximum absolute atomic E-state index is 12.0. The molecule has 6 nitrogen and oxygen atoms in total. The lowest BCUT2D eigenvalue weighted by Gasteiger charge is -2.23.